The standard InChI is InChI=1S/C28H26BrNO6/c1-27(2,3)36-25(32)28(22-16-20(29)14-15-21(22)24(31)35-28)23(19-12-8-5-9-13-19)30-26(33)34-17-18-10-6-4-7-11-18/h4-16,23H,17H2,1-3H3,(H,30,33)/t23-,28+/m0/s1. The molecule has 1 heterocycles. The summed E-state index contributed by atoms with van der Waals surface area (Å²) in [5.74, 6) is -1.50. The maximum atomic E-state index is 13.9. The summed E-state index contributed by atoms with van der Waals surface area (Å²) in [7, 11) is 0. The fourth-order valence-corrected chi connectivity index (χ4v) is 4.40. The Balaban J connectivity index is 1.80. The second kappa shape index (κ2) is 10.1. The van der Waals surface area contributed by atoms with Gasteiger partial charge in [0, 0.05) is 10.0 Å². The largest absolute Gasteiger partial charge is 0.457 e. The Kier molecular flexibility index (Phi) is 7.17. The third-order valence-corrected chi connectivity index (χ3v) is 6.07. The number of halogens is 1. The number of rotatable bonds is 6. The van der Waals surface area contributed by atoms with Gasteiger partial charge in [0.2, 0.25) is 0 Å². The van der Waals surface area contributed by atoms with Gasteiger partial charge < -0.3 is 19.5 Å². The monoisotopic (exact) mass is 551 g/mol. The van der Waals surface area contributed by atoms with Gasteiger partial charge in [-0.1, -0.05) is 76.6 Å². The van der Waals surface area contributed by atoms with Gasteiger partial charge in [-0.25, -0.2) is 14.4 Å². The Morgan fingerprint density at radius 1 is 1.00 bits per heavy atom. The third-order valence-electron chi connectivity index (χ3n) is 5.57. The van der Waals surface area contributed by atoms with E-state index in [1.165, 1.54) is 0 Å². The number of hydrogen-bond acceptors (Lipinski definition) is 6. The van der Waals surface area contributed by atoms with Gasteiger partial charge in [0.05, 0.1) is 5.56 Å². The van der Waals surface area contributed by atoms with Crippen LogP contribution in [0.3, 0.4) is 0 Å². The summed E-state index contributed by atoms with van der Waals surface area (Å²) in [4.78, 5) is 39.9. The molecule has 0 fully saturated rings. The van der Waals surface area contributed by atoms with Gasteiger partial charge in [-0.05, 0) is 50.1 Å². The molecule has 3 aromatic rings. The molecule has 1 aliphatic heterocycles. The van der Waals surface area contributed by atoms with Gasteiger partial charge in [-0.3, -0.25) is 0 Å². The predicted octanol–water partition coefficient (Wildman–Crippen LogP) is 5.82. The van der Waals surface area contributed by atoms with Gasteiger partial charge in [0.15, 0.2) is 0 Å². The summed E-state index contributed by atoms with van der Waals surface area (Å²) in [6, 6.07) is 21.8. The highest BCUT2D eigenvalue weighted by Crippen LogP contribution is 2.48. The number of esters is 2. The van der Waals surface area contributed by atoms with Crippen molar-refractivity contribution in [2.45, 2.75) is 44.6 Å². The maximum Gasteiger partial charge on any atom is 0.408 e. The first-order valence-electron chi connectivity index (χ1n) is 11.4. The van der Waals surface area contributed by atoms with Crippen LogP contribution in [-0.4, -0.2) is 23.6 Å². The Morgan fingerprint density at radius 3 is 2.28 bits per heavy atom. The fraction of sp³-hybridized carbons (Fsp3) is 0.250. The summed E-state index contributed by atoms with van der Waals surface area (Å²) >= 11 is 3.42. The highest BCUT2D eigenvalue weighted by molar-refractivity contribution is 9.10. The topological polar surface area (TPSA) is 90.9 Å². The van der Waals surface area contributed by atoms with Crippen molar-refractivity contribution >= 4 is 34.0 Å². The molecule has 0 saturated heterocycles. The average Bonchev–Trinajstić information content (AvgIpc) is 3.13. The molecule has 3 aromatic carbocycles. The zero-order chi connectivity index (χ0) is 25.9. The van der Waals surface area contributed by atoms with Crippen molar-refractivity contribution < 1.29 is 28.6 Å². The van der Waals surface area contributed by atoms with E-state index in [9.17, 15) is 14.4 Å². The van der Waals surface area contributed by atoms with Gasteiger partial charge in [0.25, 0.3) is 5.60 Å². The zero-order valence-electron chi connectivity index (χ0n) is 20.1. The van der Waals surface area contributed by atoms with E-state index in [1.807, 2.05) is 30.3 Å². The molecule has 4 rings (SSSR count). The Hall–Kier alpha value is -3.65. The van der Waals surface area contributed by atoms with E-state index < -0.39 is 35.3 Å². The summed E-state index contributed by atoms with van der Waals surface area (Å²) in [5.41, 5.74) is -1.05. The third kappa shape index (κ3) is 5.28. The number of amides is 1. The van der Waals surface area contributed by atoms with Crippen molar-refractivity contribution in [2.75, 3.05) is 0 Å². The molecule has 0 radical (unpaired) electrons. The zero-order valence-corrected chi connectivity index (χ0v) is 21.7. The summed E-state index contributed by atoms with van der Waals surface area (Å²) in [5, 5.41) is 2.78. The minimum absolute atomic E-state index is 0.0234. The molecule has 0 aliphatic carbocycles. The lowest BCUT2D eigenvalue weighted by Gasteiger charge is -2.37. The van der Waals surface area contributed by atoms with E-state index in [0.29, 0.717) is 10.0 Å². The van der Waals surface area contributed by atoms with E-state index >= 15 is 0 Å². The Labute approximate surface area is 217 Å². The molecule has 36 heavy (non-hydrogen) atoms. The van der Waals surface area contributed by atoms with Crippen LogP contribution in [0.1, 0.15) is 53.9 Å². The van der Waals surface area contributed by atoms with Gasteiger partial charge >= 0.3 is 18.0 Å². The van der Waals surface area contributed by atoms with E-state index in [2.05, 4.69) is 21.2 Å². The number of fused-ring (bicyclic) bond motifs is 1. The van der Waals surface area contributed by atoms with Gasteiger partial charge in [0.1, 0.15) is 18.2 Å². The highest BCUT2D eigenvalue weighted by atomic mass is 79.9. The smallest absolute Gasteiger partial charge is 0.408 e. The second-order valence-electron chi connectivity index (χ2n) is 9.37. The molecule has 7 nitrogen and oxygen atoms in total. The van der Waals surface area contributed by atoms with Crippen molar-refractivity contribution in [3.8, 4) is 0 Å². The molecular weight excluding hydrogens is 526 g/mol. The van der Waals surface area contributed by atoms with Crippen LogP contribution in [0.25, 0.3) is 0 Å². The normalized spacial score (nSPS) is 17.5. The van der Waals surface area contributed by atoms with Crippen molar-refractivity contribution in [2.24, 2.45) is 0 Å². The highest BCUT2D eigenvalue weighted by Gasteiger charge is 2.60. The van der Waals surface area contributed by atoms with Gasteiger partial charge in [-0.15, -0.1) is 0 Å². The number of ether oxygens (including phenoxy) is 3. The van der Waals surface area contributed by atoms with E-state index in [0.717, 1.165) is 5.56 Å². The first-order chi connectivity index (χ1) is 17.1. The van der Waals surface area contributed by atoms with Crippen LogP contribution in [0.15, 0.2) is 83.3 Å². The number of hydrogen-bond donors (Lipinski definition) is 1. The van der Waals surface area contributed by atoms with Crippen LogP contribution >= 0.6 is 15.9 Å². The van der Waals surface area contributed by atoms with Crippen LogP contribution < -0.4 is 5.32 Å². The Morgan fingerprint density at radius 2 is 1.64 bits per heavy atom. The minimum Gasteiger partial charge on any atom is -0.457 e. The summed E-state index contributed by atoms with van der Waals surface area (Å²) < 4.78 is 17.7. The first-order valence-corrected chi connectivity index (χ1v) is 12.2. The SMILES string of the molecule is CC(C)(C)OC(=O)[C@@]1([C@@H](NC(=O)OCc2ccccc2)c2ccccc2)OC(=O)c2ccc(Br)cc21. The number of benzene rings is 3. The fourth-order valence-electron chi connectivity index (χ4n) is 4.04. The molecule has 0 unspecified atom stereocenters. The van der Waals surface area contributed by atoms with Crippen molar-refractivity contribution in [1.82, 2.24) is 5.32 Å². The molecular formula is C28H26BrNO6. The summed E-state index contributed by atoms with van der Waals surface area (Å²) in [6.07, 6.45) is -0.782. The quantitative estimate of drug-likeness (QED) is 0.306. The number of nitrogens with one attached hydrogen (secondary N) is 1. The average molecular weight is 552 g/mol. The van der Waals surface area contributed by atoms with Crippen LogP contribution in [0, 0.1) is 0 Å². The van der Waals surface area contributed by atoms with E-state index in [1.54, 1.807) is 69.3 Å². The molecule has 0 bridgehead atoms. The lowest BCUT2D eigenvalue weighted by molar-refractivity contribution is -0.181. The van der Waals surface area contributed by atoms with Crippen molar-refractivity contribution in [1.29, 1.82) is 0 Å². The molecule has 0 aromatic heterocycles. The molecule has 1 aliphatic rings. The lowest BCUT2D eigenvalue weighted by Crippen LogP contribution is -2.52. The summed E-state index contributed by atoms with van der Waals surface area (Å²) in [6.45, 7) is 5.18. The van der Waals surface area contributed by atoms with Crippen molar-refractivity contribution in [3.63, 3.8) is 0 Å². The number of carbonyl (C=O) groups excluding carboxylic acids is 3. The molecule has 2 atom stereocenters. The van der Waals surface area contributed by atoms with Crippen LogP contribution in [-0.2, 0) is 31.2 Å². The number of alkyl carbamates (subject to hydrolysis) is 1. The molecule has 1 N–H and O–H groups in total. The van der Waals surface area contributed by atoms with Crippen LogP contribution in [0.4, 0.5) is 4.79 Å². The van der Waals surface area contributed by atoms with Crippen LogP contribution in [0.5, 0.6) is 0 Å². The molecule has 8 heteroatoms. The first kappa shape index (κ1) is 25.4. The maximum absolute atomic E-state index is 13.9. The molecule has 0 spiro atoms. The van der Waals surface area contributed by atoms with Crippen molar-refractivity contribution in [3.05, 3.63) is 106 Å². The lowest BCUT2D eigenvalue weighted by atomic mass is 9.81. The van der Waals surface area contributed by atoms with E-state index in [-0.39, 0.29) is 17.7 Å². The van der Waals surface area contributed by atoms with Crippen LogP contribution in [0.2, 0.25) is 0 Å². The molecule has 0 saturated carbocycles. The number of carbonyl (C=O) groups is 3. The van der Waals surface area contributed by atoms with E-state index in [4.69, 9.17) is 14.2 Å². The molecule has 186 valence electrons. The Bertz CT molecular complexity index is 1270. The molecule has 1 amide bonds. The van der Waals surface area contributed by atoms with Gasteiger partial charge in [-0.2, -0.15) is 0 Å². The second-order valence-corrected chi connectivity index (χ2v) is 10.3. The minimum atomic E-state index is -1.99. The predicted molar refractivity (Wildman–Crippen MR) is 136 cm³/mol. The number of cyclic esters (lactones) is 1.